The summed E-state index contributed by atoms with van der Waals surface area (Å²) in [6, 6.07) is 9.05. The topological polar surface area (TPSA) is 93.6 Å². The second-order valence-electron chi connectivity index (χ2n) is 6.60. The molecule has 1 aliphatic heterocycles. The minimum absolute atomic E-state index is 0.0332. The molecule has 0 aliphatic carbocycles. The van der Waals surface area contributed by atoms with Crippen molar-refractivity contribution < 1.29 is 22.7 Å². The number of hydrogen-bond acceptors (Lipinski definition) is 6. The van der Waals surface area contributed by atoms with E-state index in [4.69, 9.17) is 4.74 Å². The lowest BCUT2D eigenvalue weighted by Gasteiger charge is -2.26. The molecule has 3 rings (SSSR count). The Labute approximate surface area is 163 Å². The highest BCUT2D eigenvalue weighted by molar-refractivity contribution is 7.91. The first-order valence-electron chi connectivity index (χ1n) is 9.08. The zero-order chi connectivity index (χ0) is 20.1. The van der Waals surface area contributed by atoms with Crippen molar-refractivity contribution in [3.8, 4) is 0 Å². The molecule has 1 atom stereocenters. The number of sulfone groups is 1. The van der Waals surface area contributed by atoms with Crippen LogP contribution in [0.3, 0.4) is 0 Å². The third-order valence-electron chi connectivity index (χ3n) is 4.71. The van der Waals surface area contributed by atoms with Gasteiger partial charge >= 0.3 is 5.97 Å². The molecule has 0 saturated carbocycles. The van der Waals surface area contributed by atoms with Gasteiger partial charge in [-0.1, -0.05) is 24.3 Å². The molecule has 0 radical (unpaired) electrons. The number of pyridine rings is 1. The Hall–Kier alpha value is -2.74. The maximum Gasteiger partial charge on any atom is 0.331 e. The number of ether oxygens (including phenoxy) is 1. The average Bonchev–Trinajstić information content (AvgIpc) is 3.04. The molecule has 2 aromatic rings. The number of carbonyl (C=O) groups excluding carboxylic acids is 2. The molecule has 1 fully saturated rings. The van der Waals surface area contributed by atoms with E-state index in [1.165, 1.54) is 11.0 Å². The Balaban J connectivity index is 1.59. The lowest BCUT2D eigenvalue weighted by molar-refractivity contribution is -0.149. The van der Waals surface area contributed by atoms with Crippen molar-refractivity contribution in [3.63, 3.8) is 0 Å². The predicted octanol–water partition coefficient (Wildman–Crippen LogP) is 1.83. The third-order valence-corrected chi connectivity index (χ3v) is 6.46. The van der Waals surface area contributed by atoms with E-state index in [9.17, 15) is 18.0 Å². The van der Waals surface area contributed by atoms with E-state index < -0.39 is 28.3 Å². The SMILES string of the molecule is CCN(C(=O)COC(=O)/C=C/c1cccc2cccnc12)C1CCS(=O)(=O)C1. The number of rotatable bonds is 6. The van der Waals surface area contributed by atoms with Crippen molar-refractivity contribution >= 4 is 38.7 Å². The molecule has 1 unspecified atom stereocenters. The van der Waals surface area contributed by atoms with Crippen LogP contribution >= 0.6 is 0 Å². The molecular formula is C20H22N2O5S. The molecule has 1 amide bonds. The molecular weight excluding hydrogens is 380 g/mol. The lowest BCUT2D eigenvalue weighted by atomic mass is 10.1. The fourth-order valence-electron chi connectivity index (χ4n) is 3.34. The van der Waals surface area contributed by atoms with Crippen LogP contribution in [-0.2, 0) is 24.2 Å². The molecule has 1 aromatic carbocycles. The van der Waals surface area contributed by atoms with Crippen molar-refractivity contribution in [2.75, 3.05) is 24.7 Å². The van der Waals surface area contributed by atoms with Crippen molar-refractivity contribution in [2.45, 2.75) is 19.4 Å². The summed E-state index contributed by atoms with van der Waals surface area (Å²) in [7, 11) is -3.09. The molecule has 148 valence electrons. The third kappa shape index (κ3) is 4.75. The molecule has 28 heavy (non-hydrogen) atoms. The number of hydrogen-bond donors (Lipinski definition) is 0. The quantitative estimate of drug-likeness (QED) is 0.541. The lowest BCUT2D eigenvalue weighted by Crippen LogP contribution is -2.43. The summed E-state index contributed by atoms with van der Waals surface area (Å²) in [6.07, 6.45) is 4.96. The van der Waals surface area contributed by atoms with Gasteiger partial charge in [-0.05, 0) is 25.5 Å². The second kappa shape index (κ2) is 8.52. The first-order chi connectivity index (χ1) is 13.4. The van der Waals surface area contributed by atoms with Crippen LogP contribution in [0, 0.1) is 0 Å². The van der Waals surface area contributed by atoms with Crippen LogP contribution in [0.5, 0.6) is 0 Å². The largest absolute Gasteiger partial charge is 0.452 e. The van der Waals surface area contributed by atoms with Crippen LogP contribution < -0.4 is 0 Å². The summed E-state index contributed by atoms with van der Waals surface area (Å²) in [4.78, 5) is 30.1. The fraction of sp³-hybridized carbons (Fsp3) is 0.350. The Morgan fingerprint density at radius 3 is 2.79 bits per heavy atom. The molecule has 8 heteroatoms. The van der Waals surface area contributed by atoms with Gasteiger partial charge < -0.3 is 9.64 Å². The van der Waals surface area contributed by atoms with E-state index in [-0.39, 0.29) is 17.5 Å². The van der Waals surface area contributed by atoms with Crippen LogP contribution in [0.25, 0.3) is 17.0 Å². The highest BCUT2D eigenvalue weighted by atomic mass is 32.2. The van der Waals surface area contributed by atoms with Gasteiger partial charge in [0.2, 0.25) is 0 Å². The monoisotopic (exact) mass is 402 g/mol. The molecule has 1 aliphatic rings. The second-order valence-corrected chi connectivity index (χ2v) is 8.83. The maximum atomic E-state index is 12.3. The molecule has 2 heterocycles. The van der Waals surface area contributed by atoms with Crippen LogP contribution in [0.4, 0.5) is 0 Å². The zero-order valence-corrected chi connectivity index (χ0v) is 16.4. The average molecular weight is 402 g/mol. The van der Waals surface area contributed by atoms with Gasteiger partial charge in [0, 0.05) is 35.8 Å². The van der Waals surface area contributed by atoms with Crippen LogP contribution in [0.2, 0.25) is 0 Å². The molecule has 1 aromatic heterocycles. The minimum atomic E-state index is -3.09. The van der Waals surface area contributed by atoms with Gasteiger partial charge in [0.15, 0.2) is 16.4 Å². The number of aromatic nitrogens is 1. The summed E-state index contributed by atoms with van der Waals surface area (Å²) in [5.41, 5.74) is 1.54. The number of fused-ring (bicyclic) bond motifs is 1. The van der Waals surface area contributed by atoms with E-state index >= 15 is 0 Å². The van der Waals surface area contributed by atoms with Crippen molar-refractivity contribution in [1.29, 1.82) is 0 Å². The molecule has 0 bridgehead atoms. The number of amides is 1. The van der Waals surface area contributed by atoms with E-state index in [0.29, 0.717) is 13.0 Å². The number of para-hydroxylation sites is 1. The molecule has 1 saturated heterocycles. The van der Waals surface area contributed by atoms with Crippen LogP contribution in [0.15, 0.2) is 42.6 Å². The number of nitrogens with zero attached hydrogens (tertiary/aromatic N) is 2. The normalized spacial score (nSPS) is 18.4. The number of likely N-dealkylation sites (N-methyl/N-ethyl adjacent to an activating group) is 1. The van der Waals surface area contributed by atoms with Crippen molar-refractivity contribution in [3.05, 3.63) is 48.2 Å². The number of esters is 1. The fourth-order valence-corrected chi connectivity index (χ4v) is 5.07. The summed E-state index contributed by atoms with van der Waals surface area (Å²) < 4.78 is 28.3. The van der Waals surface area contributed by atoms with Gasteiger partial charge in [-0.2, -0.15) is 0 Å². The van der Waals surface area contributed by atoms with Gasteiger partial charge in [0.25, 0.3) is 5.91 Å². The molecule has 7 nitrogen and oxygen atoms in total. The van der Waals surface area contributed by atoms with E-state index in [1.54, 1.807) is 19.2 Å². The van der Waals surface area contributed by atoms with Crippen molar-refractivity contribution in [2.24, 2.45) is 0 Å². The highest BCUT2D eigenvalue weighted by Crippen LogP contribution is 2.18. The van der Waals surface area contributed by atoms with Gasteiger partial charge in [-0.3, -0.25) is 9.78 Å². The molecule has 0 N–H and O–H groups in total. The Bertz CT molecular complexity index is 1010. The zero-order valence-electron chi connectivity index (χ0n) is 15.6. The van der Waals surface area contributed by atoms with E-state index in [1.807, 2.05) is 30.3 Å². The van der Waals surface area contributed by atoms with Gasteiger partial charge in [0.05, 0.1) is 17.0 Å². The van der Waals surface area contributed by atoms with Gasteiger partial charge in [-0.15, -0.1) is 0 Å². The van der Waals surface area contributed by atoms with Gasteiger partial charge in [0.1, 0.15) is 0 Å². The van der Waals surface area contributed by atoms with Crippen LogP contribution in [-0.4, -0.2) is 60.9 Å². The first-order valence-corrected chi connectivity index (χ1v) is 10.9. The van der Waals surface area contributed by atoms with Gasteiger partial charge in [-0.25, -0.2) is 13.2 Å². The van der Waals surface area contributed by atoms with E-state index in [0.717, 1.165) is 16.5 Å². The predicted molar refractivity (Wildman–Crippen MR) is 106 cm³/mol. The highest BCUT2D eigenvalue weighted by Gasteiger charge is 2.34. The van der Waals surface area contributed by atoms with Crippen molar-refractivity contribution in [1.82, 2.24) is 9.88 Å². The summed E-state index contributed by atoms with van der Waals surface area (Å²) in [5.74, 6) is -0.980. The smallest absolute Gasteiger partial charge is 0.331 e. The minimum Gasteiger partial charge on any atom is -0.452 e. The standard InChI is InChI=1S/C20H22N2O5S/c1-2-22(17-10-12-28(25,26)14-17)18(23)13-27-19(24)9-8-16-6-3-5-15-7-4-11-21-20(15)16/h3-9,11,17H,2,10,12-14H2,1H3/b9-8+. The summed E-state index contributed by atoms with van der Waals surface area (Å²) >= 11 is 0. The Morgan fingerprint density at radius 2 is 2.07 bits per heavy atom. The summed E-state index contributed by atoms with van der Waals surface area (Å²) in [6.45, 7) is 1.73. The number of benzene rings is 1. The van der Waals surface area contributed by atoms with E-state index in [2.05, 4.69) is 4.98 Å². The summed E-state index contributed by atoms with van der Waals surface area (Å²) in [5, 5.41) is 0.957. The number of carbonyl (C=O) groups is 2. The Kier molecular flexibility index (Phi) is 6.08. The molecule has 0 spiro atoms. The Morgan fingerprint density at radius 1 is 1.29 bits per heavy atom. The first kappa shape index (κ1) is 20.0. The van der Waals surface area contributed by atoms with Crippen LogP contribution in [0.1, 0.15) is 18.9 Å². The maximum absolute atomic E-state index is 12.3.